The van der Waals surface area contributed by atoms with Crippen molar-refractivity contribution in [3.63, 3.8) is 0 Å². The third kappa shape index (κ3) is 2.74. The van der Waals surface area contributed by atoms with E-state index < -0.39 is 0 Å². The molecule has 18 heavy (non-hydrogen) atoms. The standard InChI is InChI=1S/C15H14FNO/c1-17-15(18)9-12-7-8-13(16)10-14(12)11-5-3-2-4-6-11/h2-8,10H,9H2,1H3,(H,17,18). The van der Waals surface area contributed by atoms with Gasteiger partial charge >= 0.3 is 0 Å². The summed E-state index contributed by atoms with van der Waals surface area (Å²) < 4.78 is 13.4. The lowest BCUT2D eigenvalue weighted by Gasteiger charge is -2.09. The molecule has 0 fully saturated rings. The molecule has 2 nitrogen and oxygen atoms in total. The monoisotopic (exact) mass is 243 g/mol. The number of hydrogen-bond acceptors (Lipinski definition) is 1. The van der Waals surface area contributed by atoms with Crippen LogP contribution in [0.4, 0.5) is 4.39 Å². The van der Waals surface area contributed by atoms with E-state index in [1.165, 1.54) is 12.1 Å². The first-order valence-electron chi connectivity index (χ1n) is 5.75. The van der Waals surface area contributed by atoms with Crippen LogP contribution in [0.25, 0.3) is 11.1 Å². The second-order valence-electron chi connectivity index (χ2n) is 4.02. The van der Waals surface area contributed by atoms with Crippen molar-refractivity contribution >= 4 is 5.91 Å². The van der Waals surface area contributed by atoms with Gasteiger partial charge in [0.05, 0.1) is 6.42 Å². The molecule has 0 heterocycles. The Labute approximate surface area is 105 Å². The molecule has 1 amide bonds. The molecule has 92 valence electrons. The maximum Gasteiger partial charge on any atom is 0.224 e. The van der Waals surface area contributed by atoms with Crippen molar-refractivity contribution in [1.82, 2.24) is 5.32 Å². The van der Waals surface area contributed by atoms with E-state index in [0.29, 0.717) is 0 Å². The smallest absolute Gasteiger partial charge is 0.224 e. The summed E-state index contributed by atoms with van der Waals surface area (Å²) in [5, 5.41) is 2.57. The van der Waals surface area contributed by atoms with Gasteiger partial charge < -0.3 is 5.32 Å². The number of halogens is 1. The van der Waals surface area contributed by atoms with Gasteiger partial charge in [-0.15, -0.1) is 0 Å². The Bertz CT molecular complexity index is 552. The predicted octanol–water partition coefficient (Wildman–Crippen LogP) is 2.78. The molecular formula is C15H14FNO. The number of likely N-dealkylation sites (N-methyl/N-ethyl adjacent to an activating group) is 1. The fraction of sp³-hybridized carbons (Fsp3) is 0.133. The van der Waals surface area contributed by atoms with Gasteiger partial charge in [0, 0.05) is 7.05 Å². The number of nitrogens with one attached hydrogen (secondary N) is 1. The van der Waals surface area contributed by atoms with Crippen LogP contribution in [0.15, 0.2) is 48.5 Å². The van der Waals surface area contributed by atoms with Crippen LogP contribution < -0.4 is 5.32 Å². The average Bonchev–Trinajstić information content (AvgIpc) is 2.41. The minimum atomic E-state index is -0.297. The maximum absolute atomic E-state index is 13.4. The quantitative estimate of drug-likeness (QED) is 0.882. The van der Waals surface area contributed by atoms with Gasteiger partial charge in [-0.1, -0.05) is 36.4 Å². The van der Waals surface area contributed by atoms with Gasteiger partial charge in [0.2, 0.25) is 5.91 Å². The Hall–Kier alpha value is -2.16. The lowest BCUT2D eigenvalue weighted by molar-refractivity contribution is -0.119. The zero-order valence-electron chi connectivity index (χ0n) is 10.1. The SMILES string of the molecule is CNC(=O)Cc1ccc(F)cc1-c1ccccc1. The van der Waals surface area contributed by atoms with Gasteiger partial charge in [-0.05, 0) is 28.8 Å². The minimum absolute atomic E-state index is 0.0845. The topological polar surface area (TPSA) is 29.1 Å². The fourth-order valence-electron chi connectivity index (χ4n) is 1.85. The zero-order valence-corrected chi connectivity index (χ0v) is 10.1. The lowest BCUT2D eigenvalue weighted by Crippen LogP contribution is -2.20. The van der Waals surface area contributed by atoms with E-state index in [1.54, 1.807) is 13.1 Å². The number of benzene rings is 2. The molecule has 0 aliphatic heterocycles. The van der Waals surface area contributed by atoms with Crippen LogP contribution in [0.1, 0.15) is 5.56 Å². The molecule has 3 heteroatoms. The third-order valence-corrected chi connectivity index (χ3v) is 2.79. The summed E-state index contributed by atoms with van der Waals surface area (Å²) >= 11 is 0. The highest BCUT2D eigenvalue weighted by Gasteiger charge is 2.09. The molecule has 0 saturated heterocycles. The molecule has 0 spiro atoms. The molecule has 0 bridgehead atoms. The van der Waals surface area contributed by atoms with Crippen LogP contribution in [0.2, 0.25) is 0 Å². The average molecular weight is 243 g/mol. The van der Waals surface area contributed by atoms with Crippen LogP contribution in [0.5, 0.6) is 0 Å². The largest absolute Gasteiger partial charge is 0.359 e. The fourth-order valence-corrected chi connectivity index (χ4v) is 1.85. The first-order valence-corrected chi connectivity index (χ1v) is 5.75. The van der Waals surface area contributed by atoms with Crippen molar-refractivity contribution in [2.75, 3.05) is 7.05 Å². The second-order valence-corrected chi connectivity index (χ2v) is 4.02. The molecular weight excluding hydrogens is 229 g/mol. The Morgan fingerprint density at radius 1 is 1.17 bits per heavy atom. The van der Waals surface area contributed by atoms with Gasteiger partial charge in [0.15, 0.2) is 0 Å². The van der Waals surface area contributed by atoms with Crippen molar-refractivity contribution in [3.05, 3.63) is 59.9 Å². The third-order valence-electron chi connectivity index (χ3n) is 2.79. The number of rotatable bonds is 3. The van der Waals surface area contributed by atoms with Crippen molar-refractivity contribution < 1.29 is 9.18 Å². The first-order chi connectivity index (χ1) is 8.70. The summed E-state index contributed by atoms with van der Waals surface area (Å²) in [5.41, 5.74) is 2.50. The van der Waals surface area contributed by atoms with Gasteiger partial charge in [-0.25, -0.2) is 4.39 Å². The Morgan fingerprint density at radius 2 is 1.89 bits per heavy atom. The van der Waals surface area contributed by atoms with Gasteiger partial charge in [0.25, 0.3) is 0 Å². The zero-order chi connectivity index (χ0) is 13.0. The molecule has 2 rings (SSSR count). The molecule has 0 aromatic heterocycles. The number of carbonyl (C=O) groups excluding carboxylic acids is 1. The Kier molecular flexibility index (Phi) is 3.72. The van der Waals surface area contributed by atoms with Crippen molar-refractivity contribution in [2.24, 2.45) is 0 Å². The first kappa shape index (κ1) is 12.3. The highest BCUT2D eigenvalue weighted by atomic mass is 19.1. The van der Waals surface area contributed by atoms with E-state index in [1.807, 2.05) is 30.3 Å². The van der Waals surface area contributed by atoms with Crippen LogP contribution in [0.3, 0.4) is 0 Å². The van der Waals surface area contributed by atoms with E-state index >= 15 is 0 Å². The summed E-state index contributed by atoms with van der Waals surface area (Å²) in [4.78, 5) is 11.4. The molecule has 0 saturated carbocycles. The van der Waals surface area contributed by atoms with E-state index in [9.17, 15) is 9.18 Å². The summed E-state index contributed by atoms with van der Waals surface area (Å²) in [6.07, 6.45) is 0.251. The molecule has 2 aromatic rings. The summed E-state index contributed by atoms with van der Waals surface area (Å²) in [6, 6.07) is 14.0. The molecule has 0 aliphatic rings. The Morgan fingerprint density at radius 3 is 2.56 bits per heavy atom. The summed E-state index contributed by atoms with van der Waals surface area (Å²) in [5.74, 6) is -0.381. The Balaban J connectivity index is 2.44. The van der Waals surface area contributed by atoms with Crippen molar-refractivity contribution in [3.8, 4) is 11.1 Å². The molecule has 0 unspecified atom stereocenters. The lowest BCUT2D eigenvalue weighted by atomic mass is 9.97. The molecule has 0 radical (unpaired) electrons. The summed E-state index contributed by atoms with van der Waals surface area (Å²) in [7, 11) is 1.59. The van der Waals surface area contributed by atoms with E-state index in [-0.39, 0.29) is 18.1 Å². The van der Waals surface area contributed by atoms with Gasteiger partial charge in [-0.2, -0.15) is 0 Å². The summed E-state index contributed by atoms with van der Waals surface area (Å²) in [6.45, 7) is 0. The highest BCUT2D eigenvalue weighted by Crippen LogP contribution is 2.25. The normalized spacial score (nSPS) is 10.1. The second kappa shape index (κ2) is 5.45. The predicted molar refractivity (Wildman–Crippen MR) is 69.6 cm³/mol. The van der Waals surface area contributed by atoms with E-state index in [2.05, 4.69) is 5.32 Å². The van der Waals surface area contributed by atoms with Crippen molar-refractivity contribution in [1.29, 1.82) is 0 Å². The van der Waals surface area contributed by atoms with Gasteiger partial charge in [0.1, 0.15) is 5.82 Å². The van der Waals surface area contributed by atoms with Crippen molar-refractivity contribution in [2.45, 2.75) is 6.42 Å². The molecule has 0 aliphatic carbocycles. The number of amides is 1. The van der Waals surface area contributed by atoms with E-state index in [4.69, 9.17) is 0 Å². The van der Waals surface area contributed by atoms with Crippen LogP contribution in [-0.4, -0.2) is 13.0 Å². The minimum Gasteiger partial charge on any atom is -0.359 e. The maximum atomic E-state index is 13.4. The number of carbonyl (C=O) groups is 1. The molecule has 2 aromatic carbocycles. The van der Waals surface area contributed by atoms with Crippen LogP contribution in [0, 0.1) is 5.82 Å². The van der Waals surface area contributed by atoms with E-state index in [0.717, 1.165) is 16.7 Å². The molecule has 1 N–H and O–H groups in total. The molecule has 0 atom stereocenters. The van der Waals surface area contributed by atoms with Crippen LogP contribution in [-0.2, 0) is 11.2 Å². The van der Waals surface area contributed by atoms with Crippen LogP contribution >= 0.6 is 0 Å². The van der Waals surface area contributed by atoms with Gasteiger partial charge in [-0.3, -0.25) is 4.79 Å². The highest BCUT2D eigenvalue weighted by molar-refractivity contribution is 5.81. The number of hydrogen-bond donors (Lipinski definition) is 1.